The molecule has 1 rings (SSSR count). The number of nitrogens with one attached hydrogen (secondary N) is 1. The van der Waals surface area contributed by atoms with Crippen LogP contribution in [0.1, 0.15) is 5.56 Å². The maximum Gasteiger partial charge on any atom is 0.269 e. The van der Waals surface area contributed by atoms with Gasteiger partial charge in [-0.05, 0) is 6.07 Å². The minimum atomic E-state index is -1.03. The van der Waals surface area contributed by atoms with E-state index < -0.39 is 22.8 Å². The molecule has 3 N–H and O–H groups in total. The molecule has 1 aromatic carbocycles. The van der Waals surface area contributed by atoms with Crippen LogP contribution < -0.4 is 15.8 Å². The van der Waals surface area contributed by atoms with Gasteiger partial charge in [0.2, 0.25) is 11.8 Å². The van der Waals surface area contributed by atoms with Gasteiger partial charge >= 0.3 is 0 Å². The molecule has 0 aliphatic carbocycles. The second-order valence-corrected chi connectivity index (χ2v) is 4.41. The number of nitro groups is 1. The van der Waals surface area contributed by atoms with Crippen LogP contribution in [0.15, 0.2) is 18.2 Å². The second kappa shape index (κ2) is 7.93. The summed E-state index contributed by atoms with van der Waals surface area (Å²) in [5, 5.41) is 13.2. The van der Waals surface area contributed by atoms with Crippen molar-refractivity contribution in [1.29, 1.82) is 0 Å². The summed E-state index contributed by atoms with van der Waals surface area (Å²) in [5.41, 5.74) is 5.49. The fourth-order valence-electron chi connectivity index (χ4n) is 1.85. The van der Waals surface area contributed by atoms with Crippen molar-refractivity contribution in [2.75, 3.05) is 20.8 Å². The molecule has 0 aliphatic rings. The van der Waals surface area contributed by atoms with E-state index in [-0.39, 0.29) is 18.7 Å². The van der Waals surface area contributed by atoms with E-state index in [0.29, 0.717) is 11.3 Å². The van der Waals surface area contributed by atoms with Crippen molar-refractivity contribution in [2.24, 2.45) is 5.73 Å². The number of ether oxygens (including phenoxy) is 2. The Morgan fingerprint density at radius 1 is 1.41 bits per heavy atom. The van der Waals surface area contributed by atoms with Gasteiger partial charge in [0.05, 0.1) is 12.0 Å². The second-order valence-electron chi connectivity index (χ2n) is 4.41. The third-order valence-corrected chi connectivity index (χ3v) is 2.85. The normalized spacial score (nSPS) is 11.5. The number of hydrogen-bond acceptors (Lipinski definition) is 6. The van der Waals surface area contributed by atoms with Gasteiger partial charge in [0.15, 0.2) is 0 Å². The molecule has 0 fully saturated rings. The van der Waals surface area contributed by atoms with Gasteiger partial charge in [-0.2, -0.15) is 0 Å². The average Bonchev–Trinajstić information content (AvgIpc) is 2.46. The summed E-state index contributed by atoms with van der Waals surface area (Å²) in [6.45, 7) is -0.226. The maximum absolute atomic E-state index is 11.5. The summed E-state index contributed by atoms with van der Waals surface area (Å²) in [4.78, 5) is 33.2. The molecule has 1 aromatic rings. The Balaban J connectivity index is 3.01. The van der Waals surface area contributed by atoms with Crippen molar-refractivity contribution in [3.63, 3.8) is 0 Å². The van der Waals surface area contributed by atoms with Crippen molar-refractivity contribution < 1.29 is 24.0 Å². The lowest BCUT2D eigenvalue weighted by Gasteiger charge is -2.17. The number of methoxy groups -OCH3 is 2. The molecule has 120 valence electrons. The fourth-order valence-corrected chi connectivity index (χ4v) is 1.85. The first-order valence-electron chi connectivity index (χ1n) is 6.28. The highest BCUT2D eigenvalue weighted by molar-refractivity contribution is 5.87. The summed E-state index contributed by atoms with van der Waals surface area (Å²) in [5.74, 6) is -0.924. The Bertz CT molecular complexity index is 575. The summed E-state index contributed by atoms with van der Waals surface area (Å²) in [6.07, 6.45) is -0.0321. The largest absolute Gasteiger partial charge is 0.496 e. The summed E-state index contributed by atoms with van der Waals surface area (Å²) >= 11 is 0. The summed E-state index contributed by atoms with van der Waals surface area (Å²) in [7, 11) is 2.73. The van der Waals surface area contributed by atoms with Crippen LogP contribution in [0.25, 0.3) is 0 Å². The Morgan fingerprint density at radius 3 is 2.59 bits per heavy atom. The number of carbonyl (C=O) groups is 2. The number of rotatable bonds is 8. The third-order valence-electron chi connectivity index (χ3n) is 2.85. The lowest BCUT2D eigenvalue weighted by Crippen LogP contribution is -2.47. The van der Waals surface area contributed by atoms with Crippen molar-refractivity contribution >= 4 is 17.5 Å². The van der Waals surface area contributed by atoms with Gasteiger partial charge in [-0.15, -0.1) is 0 Å². The minimum Gasteiger partial charge on any atom is -0.496 e. The fraction of sp³-hybridized carbons (Fsp3) is 0.385. The maximum atomic E-state index is 11.5. The number of carbonyl (C=O) groups excluding carboxylic acids is 2. The molecule has 22 heavy (non-hydrogen) atoms. The number of primary amides is 1. The van der Waals surface area contributed by atoms with Crippen molar-refractivity contribution in [3.8, 4) is 5.75 Å². The number of nitrogens with two attached hydrogens (primary N) is 1. The predicted octanol–water partition coefficient (Wildman–Crippen LogP) is -0.238. The van der Waals surface area contributed by atoms with Crippen molar-refractivity contribution in [2.45, 2.75) is 12.5 Å². The van der Waals surface area contributed by atoms with E-state index >= 15 is 0 Å². The van der Waals surface area contributed by atoms with E-state index in [9.17, 15) is 19.7 Å². The monoisotopic (exact) mass is 311 g/mol. The average molecular weight is 311 g/mol. The van der Waals surface area contributed by atoms with E-state index in [0.717, 1.165) is 0 Å². The van der Waals surface area contributed by atoms with Crippen LogP contribution in [0.5, 0.6) is 5.75 Å². The quantitative estimate of drug-likeness (QED) is 0.503. The van der Waals surface area contributed by atoms with Gasteiger partial charge < -0.3 is 20.5 Å². The van der Waals surface area contributed by atoms with E-state index in [2.05, 4.69) is 10.1 Å². The lowest BCUT2D eigenvalue weighted by atomic mass is 10.0. The van der Waals surface area contributed by atoms with Crippen LogP contribution in [-0.2, 0) is 20.7 Å². The standard InChI is InChI=1S/C13H17N3O6/c1-21-7-12(17)15-10(13(14)18)6-8-5-9(16(19)20)3-4-11(8)22-2/h3-5,10H,6-7H2,1-2H3,(H2,14,18)(H,15,17)/t10-/m0/s1. The minimum absolute atomic E-state index is 0.0321. The molecule has 0 saturated carbocycles. The first kappa shape index (κ1) is 17.4. The van der Waals surface area contributed by atoms with E-state index in [1.54, 1.807) is 0 Å². The SMILES string of the molecule is COCC(=O)N[C@@H](Cc1cc([N+](=O)[O-])ccc1OC)C(N)=O. The molecule has 0 saturated heterocycles. The smallest absolute Gasteiger partial charge is 0.269 e. The molecule has 0 heterocycles. The highest BCUT2D eigenvalue weighted by atomic mass is 16.6. The van der Waals surface area contributed by atoms with E-state index in [1.807, 2.05) is 0 Å². The highest BCUT2D eigenvalue weighted by Crippen LogP contribution is 2.25. The molecule has 2 amide bonds. The molecule has 0 radical (unpaired) electrons. The van der Waals surface area contributed by atoms with Gasteiger partial charge in [-0.25, -0.2) is 0 Å². The Morgan fingerprint density at radius 2 is 2.09 bits per heavy atom. The first-order chi connectivity index (χ1) is 10.4. The van der Waals surface area contributed by atoms with Gasteiger partial charge in [-0.1, -0.05) is 0 Å². The highest BCUT2D eigenvalue weighted by Gasteiger charge is 2.22. The van der Waals surface area contributed by atoms with Crippen LogP contribution in [-0.4, -0.2) is 43.6 Å². The zero-order valence-corrected chi connectivity index (χ0v) is 12.2. The zero-order valence-electron chi connectivity index (χ0n) is 12.2. The van der Waals surface area contributed by atoms with Crippen LogP contribution in [0.2, 0.25) is 0 Å². The molecule has 0 aliphatic heterocycles. The topological polar surface area (TPSA) is 134 Å². The number of nitro benzene ring substituents is 1. The number of hydrogen-bond donors (Lipinski definition) is 2. The molecule has 0 unspecified atom stereocenters. The van der Waals surface area contributed by atoms with E-state index in [4.69, 9.17) is 10.5 Å². The molecule has 9 heteroatoms. The number of non-ortho nitro benzene ring substituents is 1. The molecule has 0 bridgehead atoms. The van der Waals surface area contributed by atoms with Gasteiger partial charge in [0.25, 0.3) is 5.69 Å². The van der Waals surface area contributed by atoms with Crippen LogP contribution in [0.4, 0.5) is 5.69 Å². The van der Waals surface area contributed by atoms with Gasteiger partial charge in [-0.3, -0.25) is 19.7 Å². The predicted molar refractivity (Wildman–Crippen MR) is 76.4 cm³/mol. The molecule has 9 nitrogen and oxygen atoms in total. The van der Waals surface area contributed by atoms with Crippen LogP contribution in [0.3, 0.4) is 0 Å². The third kappa shape index (κ3) is 4.70. The molecule has 0 aromatic heterocycles. The Labute approximate surface area is 126 Å². The molecule has 0 spiro atoms. The number of nitrogens with zero attached hydrogens (tertiary/aromatic N) is 1. The Hall–Kier alpha value is -2.68. The summed E-state index contributed by atoms with van der Waals surface area (Å²) < 4.78 is 9.75. The van der Waals surface area contributed by atoms with Gasteiger partial charge in [0, 0.05) is 31.2 Å². The van der Waals surface area contributed by atoms with Crippen LogP contribution >= 0.6 is 0 Å². The van der Waals surface area contributed by atoms with Crippen LogP contribution in [0, 0.1) is 10.1 Å². The number of amides is 2. The van der Waals surface area contributed by atoms with Gasteiger partial charge in [0.1, 0.15) is 18.4 Å². The van der Waals surface area contributed by atoms with Crippen molar-refractivity contribution in [3.05, 3.63) is 33.9 Å². The van der Waals surface area contributed by atoms with E-state index in [1.165, 1.54) is 32.4 Å². The zero-order chi connectivity index (χ0) is 16.7. The number of benzene rings is 1. The lowest BCUT2D eigenvalue weighted by molar-refractivity contribution is -0.384. The molecule has 1 atom stereocenters. The molecular formula is C13H17N3O6. The van der Waals surface area contributed by atoms with Crippen molar-refractivity contribution in [1.82, 2.24) is 5.32 Å². The first-order valence-corrected chi connectivity index (χ1v) is 6.28. The Kier molecular flexibility index (Phi) is 6.26. The summed E-state index contributed by atoms with van der Waals surface area (Å²) in [6, 6.07) is 2.95. The molecular weight excluding hydrogens is 294 g/mol.